The SMILES string of the molecule is CC(C)C(Cc1ccccc1Br)C(C)Br. The molecule has 1 rings (SSSR count). The van der Waals surface area contributed by atoms with Crippen LogP contribution in [0.25, 0.3) is 0 Å². The van der Waals surface area contributed by atoms with Crippen LogP contribution < -0.4 is 0 Å². The number of alkyl halides is 1. The highest BCUT2D eigenvalue weighted by atomic mass is 79.9. The van der Waals surface area contributed by atoms with E-state index in [4.69, 9.17) is 0 Å². The van der Waals surface area contributed by atoms with Crippen molar-refractivity contribution in [3.8, 4) is 0 Å². The molecule has 1 aromatic carbocycles. The summed E-state index contributed by atoms with van der Waals surface area (Å²) in [4.78, 5) is 0.560. The standard InChI is InChI=1S/C13H18Br2/c1-9(2)12(10(3)14)8-11-6-4-5-7-13(11)15/h4-7,9-10,12H,8H2,1-3H3. The van der Waals surface area contributed by atoms with Gasteiger partial charge in [-0.15, -0.1) is 0 Å². The zero-order chi connectivity index (χ0) is 11.4. The Bertz CT molecular complexity index is 297. The van der Waals surface area contributed by atoms with Crippen LogP contribution in [0.3, 0.4) is 0 Å². The molecule has 0 heterocycles. The maximum Gasteiger partial charge on any atom is 0.0207 e. The normalized spacial score (nSPS) is 15.3. The number of hydrogen-bond donors (Lipinski definition) is 0. The van der Waals surface area contributed by atoms with Gasteiger partial charge in [0.1, 0.15) is 0 Å². The van der Waals surface area contributed by atoms with Crippen LogP contribution in [-0.2, 0) is 6.42 Å². The first-order valence-corrected chi connectivity index (χ1v) is 7.10. The van der Waals surface area contributed by atoms with Crippen LogP contribution in [0, 0.1) is 11.8 Å². The van der Waals surface area contributed by atoms with Crippen LogP contribution in [-0.4, -0.2) is 4.83 Å². The second-order valence-corrected chi connectivity index (χ2v) is 6.68. The van der Waals surface area contributed by atoms with Gasteiger partial charge in [0.15, 0.2) is 0 Å². The van der Waals surface area contributed by atoms with Gasteiger partial charge in [0, 0.05) is 9.30 Å². The molecule has 2 atom stereocenters. The van der Waals surface area contributed by atoms with Gasteiger partial charge in [0.25, 0.3) is 0 Å². The van der Waals surface area contributed by atoms with E-state index >= 15 is 0 Å². The molecule has 0 amide bonds. The zero-order valence-corrected chi connectivity index (χ0v) is 12.7. The minimum absolute atomic E-state index is 0.560. The fraction of sp³-hybridized carbons (Fsp3) is 0.538. The van der Waals surface area contributed by atoms with Crippen molar-refractivity contribution in [3.05, 3.63) is 34.3 Å². The van der Waals surface area contributed by atoms with Crippen LogP contribution in [0.1, 0.15) is 26.3 Å². The quantitative estimate of drug-likeness (QED) is 0.676. The minimum Gasteiger partial charge on any atom is -0.0890 e. The highest BCUT2D eigenvalue weighted by Gasteiger charge is 2.19. The molecule has 0 aromatic heterocycles. The van der Waals surface area contributed by atoms with Gasteiger partial charge in [-0.2, -0.15) is 0 Å². The van der Waals surface area contributed by atoms with Gasteiger partial charge in [0.2, 0.25) is 0 Å². The first kappa shape index (κ1) is 13.2. The Morgan fingerprint density at radius 2 is 1.73 bits per heavy atom. The van der Waals surface area contributed by atoms with Crippen LogP contribution in [0.2, 0.25) is 0 Å². The second-order valence-electron chi connectivity index (χ2n) is 4.38. The van der Waals surface area contributed by atoms with E-state index in [0.717, 1.165) is 6.42 Å². The maximum atomic E-state index is 3.71. The molecular weight excluding hydrogens is 316 g/mol. The summed E-state index contributed by atoms with van der Waals surface area (Å²) < 4.78 is 1.23. The molecule has 84 valence electrons. The number of halogens is 2. The fourth-order valence-corrected chi connectivity index (χ4v) is 3.09. The largest absolute Gasteiger partial charge is 0.0890 e. The van der Waals surface area contributed by atoms with Crippen molar-refractivity contribution in [1.29, 1.82) is 0 Å². The van der Waals surface area contributed by atoms with E-state index in [9.17, 15) is 0 Å². The Morgan fingerprint density at radius 1 is 1.13 bits per heavy atom. The van der Waals surface area contributed by atoms with Gasteiger partial charge in [-0.3, -0.25) is 0 Å². The van der Waals surface area contributed by atoms with Gasteiger partial charge in [-0.05, 0) is 29.9 Å². The summed E-state index contributed by atoms with van der Waals surface area (Å²) in [6.07, 6.45) is 1.13. The summed E-state index contributed by atoms with van der Waals surface area (Å²) in [5, 5.41) is 0. The molecule has 0 nitrogen and oxygen atoms in total. The van der Waals surface area contributed by atoms with Crippen LogP contribution in [0.15, 0.2) is 28.7 Å². The Kier molecular flexibility index (Phi) is 5.34. The first-order chi connectivity index (χ1) is 7.02. The lowest BCUT2D eigenvalue weighted by atomic mass is 9.87. The first-order valence-electron chi connectivity index (χ1n) is 5.40. The van der Waals surface area contributed by atoms with Gasteiger partial charge in [0.05, 0.1) is 0 Å². The van der Waals surface area contributed by atoms with E-state index in [1.54, 1.807) is 0 Å². The predicted octanol–water partition coefficient (Wildman–Crippen LogP) is 5.05. The summed E-state index contributed by atoms with van der Waals surface area (Å²) in [7, 11) is 0. The summed E-state index contributed by atoms with van der Waals surface area (Å²) in [6.45, 7) is 6.82. The highest BCUT2D eigenvalue weighted by Crippen LogP contribution is 2.28. The van der Waals surface area contributed by atoms with Crippen LogP contribution >= 0.6 is 31.9 Å². The molecule has 0 saturated carbocycles. The van der Waals surface area contributed by atoms with E-state index in [-0.39, 0.29) is 0 Å². The fourth-order valence-electron chi connectivity index (χ4n) is 1.85. The molecule has 0 bridgehead atoms. The average molecular weight is 334 g/mol. The van der Waals surface area contributed by atoms with Gasteiger partial charge in [-0.25, -0.2) is 0 Å². The minimum atomic E-state index is 0.560. The highest BCUT2D eigenvalue weighted by molar-refractivity contribution is 9.10. The Hall–Kier alpha value is 0.180. The van der Waals surface area contributed by atoms with Gasteiger partial charge < -0.3 is 0 Å². The van der Waals surface area contributed by atoms with Crippen LogP contribution in [0.4, 0.5) is 0 Å². The van der Waals surface area contributed by atoms with Crippen molar-refractivity contribution in [1.82, 2.24) is 0 Å². The molecule has 2 heteroatoms. The number of rotatable bonds is 4. The predicted molar refractivity (Wildman–Crippen MR) is 74.6 cm³/mol. The van der Waals surface area contributed by atoms with Gasteiger partial charge >= 0.3 is 0 Å². The van der Waals surface area contributed by atoms with E-state index in [2.05, 4.69) is 76.9 Å². The zero-order valence-electron chi connectivity index (χ0n) is 9.50. The average Bonchev–Trinajstić information content (AvgIpc) is 2.15. The smallest absolute Gasteiger partial charge is 0.0207 e. The van der Waals surface area contributed by atoms with E-state index in [1.165, 1.54) is 10.0 Å². The molecule has 0 aliphatic carbocycles. The summed E-state index contributed by atoms with van der Waals surface area (Å²) in [5.74, 6) is 1.38. The maximum absolute atomic E-state index is 3.71. The molecule has 0 radical (unpaired) electrons. The summed E-state index contributed by atoms with van der Waals surface area (Å²) >= 11 is 7.32. The van der Waals surface area contributed by atoms with Crippen molar-refractivity contribution in [3.63, 3.8) is 0 Å². The third kappa shape index (κ3) is 3.92. The molecule has 0 saturated heterocycles. The molecule has 0 aliphatic rings. The van der Waals surface area contributed by atoms with Gasteiger partial charge in [-0.1, -0.05) is 70.8 Å². The van der Waals surface area contributed by atoms with E-state index in [0.29, 0.717) is 16.7 Å². The van der Waals surface area contributed by atoms with Crippen molar-refractivity contribution >= 4 is 31.9 Å². The number of benzene rings is 1. The van der Waals surface area contributed by atoms with E-state index in [1.807, 2.05) is 0 Å². The molecule has 2 unspecified atom stereocenters. The van der Waals surface area contributed by atoms with Crippen LogP contribution in [0.5, 0.6) is 0 Å². The topological polar surface area (TPSA) is 0 Å². The third-order valence-electron chi connectivity index (χ3n) is 2.86. The third-order valence-corrected chi connectivity index (χ3v) is 4.31. The Morgan fingerprint density at radius 3 is 2.20 bits per heavy atom. The van der Waals surface area contributed by atoms with Crippen molar-refractivity contribution in [2.24, 2.45) is 11.8 Å². The molecular formula is C13H18Br2. The lowest BCUT2D eigenvalue weighted by molar-refractivity contribution is 0.383. The lowest BCUT2D eigenvalue weighted by Gasteiger charge is -2.24. The summed E-state index contributed by atoms with van der Waals surface area (Å²) in [6, 6.07) is 8.49. The lowest BCUT2D eigenvalue weighted by Crippen LogP contribution is -2.20. The summed E-state index contributed by atoms with van der Waals surface area (Å²) in [5.41, 5.74) is 1.41. The molecule has 0 N–H and O–H groups in total. The van der Waals surface area contributed by atoms with E-state index < -0.39 is 0 Å². The molecule has 0 aliphatic heterocycles. The van der Waals surface area contributed by atoms with Crippen molar-refractivity contribution in [2.75, 3.05) is 0 Å². The second kappa shape index (κ2) is 6.05. The Labute approximate surface area is 110 Å². The number of hydrogen-bond acceptors (Lipinski definition) is 0. The Balaban J connectivity index is 2.79. The van der Waals surface area contributed by atoms with Crippen molar-refractivity contribution in [2.45, 2.75) is 32.0 Å². The van der Waals surface area contributed by atoms with Crippen molar-refractivity contribution < 1.29 is 0 Å². The molecule has 1 aromatic rings. The molecule has 0 fully saturated rings. The molecule has 0 spiro atoms. The monoisotopic (exact) mass is 332 g/mol. The molecule has 15 heavy (non-hydrogen) atoms.